The van der Waals surface area contributed by atoms with Gasteiger partial charge in [-0.05, 0) is 128 Å². The first kappa shape index (κ1) is 34.8. The van der Waals surface area contributed by atoms with E-state index >= 15 is 0 Å². The third kappa shape index (κ3) is 5.45. The molecule has 47 heavy (non-hydrogen) atoms. The van der Waals surface area contributed by atoms with Gasteiger partial charge in [0.15, 0.2) is 0 Å². The predicted molar refractivity (Wildman–Crippen MR) is 189 cm³/mol. The lowest BCUT2D eigenvalue weighted by Gasteiger charge is -2.72. The van der Waals surface area contributed by atoms with E-state index < -0.39 is 5.41 Å². The van der Waals surface area contributed by atoms with Gasteiger partial charge in [0.2, 0.25) is 0 Å². The molecule has 5 aliphatic carbocycles. The van der Waals surface area contributed by atoms with Crippen LogP contribution in [-0.4, -0.2) is 18.0 Å². The molecule has 5 fully saturated rings. The number of carbonyl (C=O) groups is 2. The molecule has 0 saturated heterocycles. The zero-order chi connectivity index (χ0) is 34.2. The van der Waals surface area contributed by atoms with Gasteiger partial charge < -0.3 is 9.47 Å². The van der Waals surface area contributed by atoms with E-state index in [0.29, 0.717) is 42.6 Å². The molecule has 0 N–H and O–H groups in total. The summed E-state index contributed by atoms with van der Waals surface area (Å²) in [7, 11) is 0. The highest BCUT2D eigenvalue weighted by molar-refractivity contribution is 5.78. The fraction of sp³-hybridized carbons (Fsp3) is 0.767. The Morgan fingerprint density at radius 1 is 0.830 bits per heavy atom. The number of esters is 2. The molecule has 260 valence electrons. The quantitative estimate of drug-likeness (QED) is 0.228. The summed E-state index contributed by atoms with van der Waals surface area (Å²) in [6, 6.07) is 10.1. The molecule has 0 bridgehead atoms. The van der Waals surface area contributed by atoms with E-state index in [4.69, 9.17) is 9.47 Å². The lowest BCUT2D eigenvalue weighted by Crippen LogP contribution is -2.67. The van der Waals surface area contributed by atoms with Crippen molar-refractivity contribution in [1.82, 2.24) is 0 Å². The molecule has 1 aromatic rings. The Morgan fingerprint density at radius 3 is 2.19 bits per heavy atom. The Balaban J connectivity index is 1.27. The lowest BCUT2D eigenvalue weighted by molar-refractivity contribution is -0.251. The fourth-order valence-corrected chi connectivity index (χ4v) is 13.2. The second-order valence-corrected chi connectivity index (χ2v) is 19.5. The molecule has 6 rings (SSSR count). The molecule has 0 spiro atoms. The zero-order valence-electron chi connectivity index (χ0n) is 31.2. The van der Waals surface area contributed by atoms with E-state index in [1.165, 1.54) is 31.3 Å². The van der Waals surface area contributed by atoms with Gasteiger partial charge in [0.05, 0.1) is 11.8 Å². The van der Waals surface area contributed by atoms with Gasteiger partial charge in [-0.15, -0.1) is 0 Å². The summed E-state index contributed by atoms with van der Waals surface area (Å²) in [6.07, 6.45) is 11.4. The maximum Gasteiger partial charge on any atom is 0.312 e. The highest BCUT2D eigenvalue weighted by atomic mass is 16.5. The Kier molecular flexibility index (Phi) is 8.69. The normalized spacial score (nSPS) is 42.2. The average Bonchev–Trinajstić information content (AvgIpc) is 3.39. The largest absolute Gasteiger partial charge is 0.462 e. The van der Waals surface area contributed by atoms with E-state index in [0.717, 1.165) is 44.1 Å². The number of allylic oxidation sites excluding steroid dienone is 1. The van der Waals surface area contributed by atoms with Crippen molar-refractivity contribution in [3.05, 3.63) is 48.0 Å². The van der Waals surface area contributed by atoms with Crippen LogP contribution in [0.5, 0.6) is 0 Å². The number of hydrogen-bond donors (Lipinski definition) is 0. The van der Waals surface area contributed by atoms with Gasteiger partial charge in [-0.1, -0.05) is 97.9 Å². The van der Waals surface area contributed by atoms with Crippen molar-refractivity contribution in [3.8, 4) is 0 Å². The van der Waals surface area contributed by atoms with Crippen LogP contribution >= 0.6 is 0 Å². The topological polar surface area (TPSA) is 52.6 Å². The first-order valence-electron chi connectivity index (χ1n) is 19.0. The second kappa shape index (κ2) is 11.8. The second-order valence-electron chi connectivity index (χ2n) is 19.5. The van der Waals surface area contributed by atoms with Gasteiger partial charge >= 0.3 is 11.9 Å². The highest BCUT2D eigenvalue weighted by Crippen LogP contribution is 2.77. The standard InChI is InChI=1S/C43H64O4/c1-28(2)30-18-23-43(37(45)46-27-29-14-12-11-13-15-29)25-24-41(9)31(36(30)43)16-17-33-40(8)21-20-34(47-35(44)26-38(3,4)5)39(6,7)32(40)19-22-42(33,41)10/h11-15,30-34,36H,1,16-27H2,2-10H3/t30-,31?,32?,33?,34-,36?,40-,41+,42+,43-/m0/s1. The SMILES string of the molecule is C=C(C)[C@@H]1CC[C@]2(C(=O)OCc3ccccc3)CC[C@]3(C)C(CCC4[C@@]5(C)CC[C@H](OC(=O)CC(C)(C)C)C(C)(C)C5CC[C@]43C)C12. The molecule has 4 unspecified atom stereocenters. The molecule has 5 aliphatic rings. The van der Waals surface area contributed by atoms with Gasteiger partial charge in [0.25, 0.3) is 0 Å². The summed E-state index contributed by atoms with van der Waals surface area (Å²) in [6.45, 7) is 26.1. The van der Waals surface area contributed by atoms with Gasteiger partial charge in [-0.3, -0.25) is 9.59 Å². The Labute approximate surface area is 286 Å². The van der Waals surface area contributed by atoms with Crippen LogP contribution in [0.15, 0.2) is 42.5 Å². The molecule has 0 radical (unpaired) electrons. The van der Waals surface area contributed by atoms with Crippen molar-refractivity contribution in [2.45, 2.75) is 146 Å². The van der Waals surface area contributed by atoms with Crippen LogP contribution in [0, 0.1) is 62.1 Å². The predicted octanol–water partition coefficient (Wildman–Crippen LogP) is 10.7. The summed E-state index contributed by atoms with van der Waals surface area (Å²) >= 11 is 0. The van der Waals surface area contributed by atoms with Gasteiger partial charge in [0, 0.05) is 5.41 Å². The van der Waals surface area contributed by atoms with Crippen molar-refractivity contribution in [2.24, 2.45) is 62.1 Å². The molecule has 0 amide bonds. The summed E-state index contributed by atoms with van der Waals surface area (Å²) in [4.78, 5) is 27.3. The van der Waals surface area contributed by atoms with Crippen LogP contribution in [0.1, 0.15) is 139 Å². The van der Waals surface area contributed by atoms with E-state index in [2.05, 4.69) is 81.0 Å². The maximum atomic E-state index is 14.3. The summed E-state index contributed by atoms with van der Waals surface area (Å²) < 4.78 is 12.5. The Morgan fingerprint density at radius 2 is 1.53 bits per heavy atom. The molecule has 0 aliphatic heterocycles. The van der Waals surface area contributed by atoms with Crippen LogP contribution in [0.3, 0.4) is 0 Å². The van der Waals surface area contributed by atoms with E-state index in [-0.39, 0.29) is 45.1 Å². The molecule has 0 aromatic heterocycles. The number of carbonyl (C=O) groups excluding carboxylic acids is 2. The van der Waals surface area contributed by atoms with Crippen LogP contribution in [0.25, 0.3) is 0 Å². The van der Waals surface area contributed by atoms with Crippen molar-refractivity contribution < 1.29 is 19.1 Å². The van der Waals surface area contributed by atoms with E-state index in [1.807, 2.05) is 18.2 Å². The van der Waals surface area contributed by atoms with Crippen LogP contribution in [0.4, 0.5) is 0 Å². The Hall–Kier alpha value is -2.10. The van der Waals surface area contributed by atoms with E-state index in [1.54, 1.807) is 0 Å². The molecule has 10 atom stereocenters. The fourth-order valence-electron chi connectivity index (χ4n) is 13.2. The number of ether oxygens (including phenoxy) is 2. The number of hydrogen-bond acceptors (Lipinski definition) is 4. The maximum absolute atomic E-state index is 14.3. The minimum absolute atomic E-state index is 0.0151. The summed E-state index contributed by atoms with van der Waals surface area (Å²) in [5.74, 6) is 2.34. The molecule has 0 heterocycles. The third-order valence-electron chi connectivity index (χ3n) is 15.6. The van der Waals surface area contributed by atoms with Crippen molar-refractivity contribution in [1.29, 1.82) is 0 Å². The van der Waals surface area contributed by atoms with Gasteiger partial charge in [-0.2, -0.15) is 0 Å². The van der Waals surface area contributed by atoms with Crippen LogP contribution in [0.2, 0.25) is 0 Å². The molecule has 1 aromatic carbocycles. The minimum atomic E-state index is -0.399. The first-order valence-corrected chi connectivity index (χ1v) is 19.0. The minimum Gasteiger partial charge on any atom is -0.462 e. The smallest absolute Gasteiger partial charge is 0.312 e. The number of benzene rings is 1. The molecular weight excluding hydrogens is 580 g/mol. The molecule has 5 saturated carbocycles. The van der Waals surface area contributed by atoms with E-state index in [9.17, 15) is 9.59 Å². The third-order valence-corrected chi connectivity index (χ3v) is 15.6. The van der Waals surface area contributed by atoms with Crippen molar-refractivity contribution in [3.63, 3.8) is 0 Å². The Bertz CT molecular complexity index is 1370. The zero-order valence-corrected chi connectivity index (χ0v) is 31.2. The molecule has 4 heteroatoms. The monoisotopic (exact) mass is 644 g/mol. The highest BCUT2D eigenvalue weighted by Gasteiger charge is 2.72. The average molecular weight is 645 g/mol. The number of rotatable bonds is 6. The number of fused-ring (bicyclic) bond motifs is 7. The molecule has 4 nitrogen and oxygen atoms in total. The van der Waals surface area contributed by atoms with Crippen LogP contribution in [-0.2, 0) is 25.7 Å². The first-order chi connectivity index (χ1) is 21.9. The van der Waals surface area contributed by atoms with Crippen LogP contribution < -0.4 is 0 Å². The van der Waals surface area contributed by atoms with Gasteiger partial charge in [0.1, 0.15) is 12.7 Å². The van der Waals surface area contributed by atoms with Crippen molar-refractivity contribution in [2.75, 3.05) is 0 Å². The summed E-state index contributed by atoms with van der Waals surface area (Å²) in [5.41, 5.74) is 2.37. The van der Waals surface area contributed by atoms with Crippen molar-refractivity contribution >= 4 is 11.9 Å². The van der Waals surface area contributed by atoms with Gasteiger partial charge in [-0.25, -0.2) is 0 Å². The lowest BCUT2D eigenvalue weighted by atomic mass is 9.32. The molecular formula is C43H64O4. The summed E-state index contributed by atoms with van der Waals surface area (Å²) in [5, 5.41) is 0.